The number of phenols is 1. The number of nitrogens with zero attached hydrogens (tertiary/aromatic N) is 6. The van der Waals surface area contributed by atoms with Crippen molar-refractivity contribution in [2.45, 2.75) is 31.8 Å². The maximum Gasteiger partial charge on any atom is 0.246 e. The molecule has 0 spiro atoms. The van der Waals surface area contributed by atoms with Crippen molar-refractivity contribution in [2.24, 2.45) is 0 Å². The summed E-state index contributed by atoms with van der Waals surface area (Å²) >= 11 is 0. The summed E-state index contributed by atoms with van der Waals surface area (Å²) in [5.41, 5.74) is 4.28. The van der Waals surface area contributed by atoms with Gasteiger partial charge in [0.05, 0.1) is 17.9 Å². The number of phenolic OH excluding ortho intramolecular Hbond substituents is 1. The summed E-state index contributed by atoms with van der Waals surface area (Å²) < 4.78 is 6.35. The van der Waals surface area contributed by atoms with Gasteiger partial charge in [-0.25, -0.2) is 4.98 Å². The Bertz CT molecular complexity index is 1520. The molecule has 3 aromatic rings. The van der Waals surface area contributed by atoms with E-state index in [1.165, 1.54) is 6.08 Å². The molecule has 4 heterocycles. The first-order valence-corrected chi connectivity index (χ1v) is 14.4. The molecule has 0 saturated carbocycles. The molecule has 1 N–H and O–H groups in total. The third-order valence-corrected chi connectivity index (χ3v) is 8.74. The summed E-state index contributed by atoms with van der Waals surface area (Å²) in [7, 11) is 2.11. The molecule has 41 heavy (non-hydrogen) atoms. The van der Waals surface area contributed by atoms with Crippen LogP contribution >= 0.6 is 0 Å². The summed E-state index contributed by atoms with van der Waals surface area (Å²) in [6.07, 6.45) is 4.26. The van der Waals surface area contributed by atoms with Crippen LogP contribution in [-0.4, -0.2) is 84.8 Å². The number of nitriles is 1. The maximum atomic E-state index is 12.2. The summed E-state index contributed by atoms with van der Waals surface area (Å²) in [6.45, 7) is 8.80. The minimum atomic E-state index is -0.0689. The van der Waals surface area contributed by atoms with Crippen LogP contribution in [0.3, 0.4) is 0 Å². The SMILES string of the molecule is C=CC(=O)N1CCN(c2c(C#N)c(OCC3CCCN3C)nc3c2CCN(c2cc(O)cc4ccccc24)C3)CC1. The van der Waals surface area contributed by atoms with E-state index in [0.29, 0.717) is 63.2 Å². The van der Waals surface area contributed by atoms with Crippen LogP contribution in [0.25, 0.3) is 10.8 Å². The number of benzene rings is 2. The number of likely N-dealkylation sites (N-methyl/N-ethyl adjacent to an activating group) is 1. The van der Waals surface area contributed by atoms with Crippen LogP contribution in [0.5, 0.6) is 11.6 Å². The van der Waals surface area contributed by atoms with Crippen LogP contribution in [0.2, 0.25) is 0 Å². The third kappa shape index (κ3) is 5.16. The van der Waals surface area contributed by atoms with E-state index in [1.807, 2.05) is 24.3 Å². The van der Waals surface area contributed by atoms with Crippen LogP contribution in [0.1, 0.15) is 29.7 Å². The molecule has 9 heteroatoms. The Labute approximate surface area is 240 Å². The fourth-order valence-corrected chi connectivity index (χ4v) is 6.48. The van der Waals surface area contributed by atoms with Crippen LogP contribution < -0.4 is 14.5 Å². The van der Waals surface area contributed by atoms with Crippen LogP contribution in [-0.2, 0) is 17.8 Å². The van der Waals surface area contributed by atoms with E-state index in [1.54, 1.807) is 11.0 Å². The van der Waals surface area contributed by atoms with Crippen LogP contribution in [0, 0.1) is 11.3 Å². The molecular formula is C32H36N6O3. The summed E-state index contributed by atoms with van der Waals surface area (Å²) in [4.78, 5) is 25.8. The second kappa shape index (κ2) is 11.3. The number of amides is 1. The predicted octanol–water partition coefficient (Wildman–Crippen LogP) is 3.68. The number of anilines is 2. The van der Waals surface area contributed by atoms with Gasteiger partial charge in [0.2, 0.25) is 11.8 Å². The molecule has 9 nitrogen and oxygen atoms in total. The second-order valence-electron chi connectivity index (χ2n) is 11.1. The molecule has 1 unspecified atom stereocenters. The lowest BCUT2D eigenvalue weighted by molar-refractivity contribution is -0.126. The summed E-state index contributed by atoms with van der Waals surface area (Å²) in [5.74, 6) is 0.545. The Balaban J connectivity index is 1.38. The Morgan fingerprint density at radius 3 is 2.71 bits per heavy atom. The number of pyridine rings is 1. The fraction of sp³-hybridized carbons (Fsp3) is 0.406. The first kappa shape index (κ1) is 26.9. The quantitative estimate of drug-likeness (QED) is 0.463. The number of hydrogen-bond donors (Lipinski definition) is 1. The van der Waals surface area contributed by atoms with Crippen molar-refractivity contribution in [3.8, 4) is 17.7 Å². The van der Waals surface area contributed by atoms with Gasteiger partial charge in [-0.15, -0.1) is 0 Å². The van der Waals surface area contributed by atoms with Gasteiger partial charge in [0.1, 0.15) is 24.0 Å². The molecule has 2 aromatic carbocycles. The van der Waals surface area contributed by atoms with Gasteiger partial charge in [-0.05, 0) is 50.4 Å². The zero-order valence-corrected chi connectivity index (χ0v) is 23.6. The molecule has 3 aliphatic heterocycles. The zero-order chi connectivity index (χ0) is 28.5. The number of piperazine rings is 1. The number of aromatic hydroxyl groups is 1. The van der Waals surface area contributed by atoms with E-state index in [2.05, 4.69) is 40.5 Å². The maximum absolute atomic E-state index is 12.2. The van der Waals surface area contributed by atoms with E-state index in [-0.39, 0.29) is 11.7 Å². The number of rotatable bonds is 6. The van der Waals surface area contributed by atoms with Gasteiger partial charge in [0, 0.05) is 61.5 Å². The average molecular weight is 553 g/mol. The first-order chi connectivity index (χ1) is 20.0. The fourth-order valence-electron chi connectivity index (χ4n) is 6.48. The largest absolute Gasteiger partial charge is 0.508 e. The molecule has 1 aromatic heterocycles. The molecule has 3 aliphatic rings. The number of ether oxygens (including phenoxy) is 1. The van der Waals surface area contributed by atoms with Gasteiger partial charge in [-0.2, -0.15) is 5.26 Å². The van der Waals surface area contributed by atoms with Crippen molar-refractivity contribution in [2.75, 3.05) is 62.7 Å². The minimum Gasteiger partial charge on any atom is -0.508 e. The van der Waals surface area contributed by atoms with Crippen molar-refractivity contribution in [1.82, 2.24) is 14.8 Å². The summed E-state index contributed by atoms with van der Waals surface area (Å²) in [6, 6.07) is 14.4. The highest BCUT2D eigenvalue weighted by molar-refractivity contribution is 5.95. The van der Waals surface area contributed by atoms with Crippen molar-refractivity contribution >= 4 is 28.1 Å². The van der Waals surface area contributed by atoms with Crippen molar-refractivity contribution < 1.29 is 14.6 Å². The minimum absolute atomic E-state index is 0.0689. The zero-order valence-electron chi connectivity index (χ0n) is 23.6. The van der Waals surface area contributed by atoms with Gasteiger partial charge >= 0.3 is 0 Å². The average Bonchev–Trinajstić information content (AvgIpc) is 3.42. The van der Waals surface area contributed by atoms with Crippen LogP contribution in [0.4, 0.5) is 11.4 Å². The van der Waals surface area contributed by atoms with Gasteiger partial charge in [0.15, 0.2) is 0 Å². The van der Waals surface area contributed by atoms with Crippen molar-refractivity contribution in [3.63, 3.8) is 0 Å². The van der Waals surface area contributed by atoms with E-state index < -0.39 is 0 Å². The molecule has 0 radical (unpaired) electrons. The van der Waals surface area contributed by atoms with Crippen molar-refractivity contribution in [3.05, 3.63) is 65.9 Å². The third-order valence-electron chi connectivity index (χ3n) is 8.74. The molecule has 212 valence electrons. The molecule has 0 bridgehead atoms. The summed E-state index contributed by atoms with van der Waals surface area (Å²) in [5, 5.41) is 23.0. The van der Waals surface area contributed by atoms with Crippen molar-refractivity contribution in [1.29, 1.82) is 5.26 Å². The number of carbonyl (C=O) groups is 1. The Morgan fingerprint density at radius 2 is 1.98 bits per heavy atom. The highest BCUT2D eigenvalue weighted by atomic mass is 16.5. The Morgan fingerprint density at radius 1 is 1.17 bits per heavy atom. The number of hydrogen-bond acceptors (Lipinski definition) is 8. The van der Waals surface area contributed by atoms with Gasteiger partial charge in [-0.1, -0.05) is 30.8 Å². The molecule has 2 saturated heterocycles. The number of likely N-dealkylation sites (tertiary alicyclic amines) is 1. The lowest BCUT2D eigenvalue weighted by Crippen LogP contribution is -2.49. The molecular weight excluding hydrogens is 516 g/mol. The van der Waals surface area contributed by atoms with E-state index in [9.17, 15) is 15.2 Å². The molecule has 0 aliphatic carbocycles. The normalized spacial score (nSPS) is 19.2. The van der Waals surface area contributed by atoms with Gasteiger partial charge < -0.3 is 29.4 Å². The molecule has 6 rings (SSSR count). The Hall–Kier alpha value is -4.29. The van der Waals surface area contributed by atoms with Gasteiger partial charge in [-0.3, -0.25) is 4.79 Å². The highest BCUT2D eigenvalue weighted by Crippen LogP contribution is 2.40. The molecule has 1 amide bonds. The van der Waals surface area contributed by atoms with Gasteiger partial charge in [0.25, 0.3) is 0 Å². The highest BCUT2D eigenvalue weighted by Gasteiger charge is 2.32. The lowest BCUT2D eigenvalue weighted by atomic mass is 9.97. The standard InChI is InChI=1S/C32H36N6O3/c1-3-30(40)36-13-15-37(16-14-36)31-26-10-12-38(29-18-24(39)17-22-7-4-5-9-25(22)29)20-28(26)34-32(27(31)19-33)41-21-23-8-6-11-35(23)2/h3-5,7,9,17-18,23,39H,1,6,8,10-16,20-21H2,2H3. The topological polar surface area (TPSA) is 96.2 Å². The van der Waals surface area contributed by atoms with E-state index in [4.69, 9.17) is 9.72 Å². The predicted molar refractivity (Wildman–Crippen MR) is 159 cm³/mol. The smallest absolute Gasteiger partial charge is 0.246 e. The van der Waals surface area contributed by atoms with E-state index in [0.717, 1.165) is 59.3 Å². The Kier molecular flexibility index (Phi) is 7.41. The van der Waals surface area contributed by atoms with E-state index >= 15 is 0 Å². The number of aromatic nitrogens is 1. The monoisotopic (exact) mass is 552 g/mol. The lowest BCUT2D eigenvalue weighted by Gasteiger charge is -2.39. The van der Waals surface area contributed by atoms with Crippen LogP contribution in [0.15, 0.2) is 49.1 Å². The first-order valence-electron chi connectivity index (χ1n) is 14.4. The number of carbonyl (C=O) groups excluding carboxylic acids is 1. The molecule has 2 fully saturated rings. The second-order valence-corrected chi connectivity index (χ2v) is 11.1. The molecule has 1 atom stereocenters. The number of fused-ring (bicyclic) bond motifs is 2.